The number of nitrogens with zero attached hydrogens (tertiary/aromatic N) is 1. The second-order valence-electron chi connectivity index (χ2n) is 6.67. The summed E-state index contributed by atoms with van der Waals surface area (Å²) in [7, 11) is 1.76. The van der Waals surface area contributed by atoms with E-state index in [9.17, 15) is 9.59 Å². The Kier molecular flexibility index (Phi) is 4.66. The van der Waals surface area contributed by atoms with Gasteiger partial charge in [-0.15, -0.1) is 11.3 Å². The lowest BCUT2D eigenvalue weighted by atomic mass is 10.1. The van der Waals surface area contributed by atoms with Crippen molar-refractivity contribution in [1.82, 2.24) is 15.2 Å². The standard InChI is InChI=1S/C19H17Cl2N3O2S/c1-9(25)24(2)17-11-6-4-3-5-10(11)7-12(17)23-19(26)13-8-14-16(22-13)15(20)18(21)27-14/h3-6,8,12,17,22H,7H2,1-2H3,(H,23,26)/t12-,17?/m1/s1. The molecule has 4 rings (SSSR count). The van der Waals surface area contributed by atoms with E-state index in [2.05, 4.69) is 10.3 Å². The van der Waals surface area contributed by atoms with E-state index in [1.165, 1.54) is 18.3 Å². The molecule has 0 radical (unpaired) electrons. The maximum absolute atomic E-state index is 12.8. The van der Waals surface area contributed by atoms with Crippen LogP contribution in [0.25, 0.3) is 10.2 Å². The van der Waals surface area contributed by atoms with Gasteiger partial charge < -0.3 is 15.2 Å². The number of H-pyrrole nitrogens is 1. The molecule has 1 unspecified atom stereocenters. The number of thiophene rings is 1. The fourth-order valence-corrected chi connectivity index (χ4v) is 5.15. The molecule has 3 aromatic rings. The lowest BCUT2D eigenvalue weighted by molar-refractivity contribution is -0.130. The van der Waals surface area contributed by atoms with Crippen molar-refractivity contribution < 1.29 is 9.59 Å². The van der Waals surface area contributed by atoms with Gasteiger partial charge >= 0.3 is 0 Å². The summed E-state index contributed by atoms with van der Waals surface area (Å²) < 4.78 is 1.33. The SMILES string of the molecule is CC(=O)N(C)C1c2ccccc2C[C@H]1NC(=O)c1cc2sc(Cl)c(Cl)c2[nH]1. The van der Waals surface area contributed by atoms with E-state index >= 15 is 0 Å². The molecule has 1 aliphatic rings. The average molecular weight is 422 g/mol. The van der Waals surface area contributed by atoms with Crippen molar-refractivity contribution in [2.24, 2.45) is 0 Å². The van der Waals surface area contributed by atoms with Gasteiger partial charge in [0.1, 0.15) is 10.0 Å². The van der Waals surface area contributed by atoms with Gasteiger partial charge in [-0.3, -0.25) is 9.59 Å². The van der Waals surface area contributed by atoms with Crippen LogP contribution >= 0.6 is 34.5 Å². The molecule has 27 heavy (non-hydrogen) atoms. The van der Waals surface area contributed by atoms with Gasteiger partial charge in [0.25, 0.3) is 5.91 Å². The number of carbonyl (C=O) groups is 2. The molecule has 0 fully saturated rings. The largest absolute Gasteiger partial charge is 0.349 e. The van der Waals surface area contributed by atoms with Crippen molar-refractivity contribution in [1.29, 1.82) is 0 Å². The fraction of sp³-hybridized carbons (Fsp3) is 0.263. The van der Waals surface area contributed by atoms with Crippen molar-refractivity contribution in [2.45, 2.75) is 25.4 Å². The molecule has 0 bridgehead atoms. The van der Waals surface area contributed by atoms with E-state index in [4.69, 9.17) is 23.2 Å². The number of benzene rings is 1. The molecule has 2 N–H and O–H groups in total. The number of halogens is 2. The minimum Gasteiger partial charge on any atom is -0.349 e. The molecule has 2 aromatic heterocycles. The predicted octanol–water partition coefficient (Wildman–Crippen LogP) is 4.41. The van der Waals surface area contributed by atoms with E-state index in [0.29, 0.717) is 27.0 Å². The first-order valence-electron chi connectivity index (χ1n) is 8.45. The number of likely N-dealkylation sites (N-methyl/N-ethyl adjacent to an activating group) is 1. The van der Waals surface area contributed by atoms with Crippen LogP contribution < -0.4 is 5.32 Å². The van der Waals surface area contributed by atoms with E-state index in [-0.39, 0.29) is 23.9 Å². The Hall–Kier alpha value is -2.02. The number of hydrogen-bond acceptors (Lipinski definition) is 3. The highest BCUT2D eigenvalue weighted by molar-refractivity contribution is 7.23. The minimum absolute atomic E-state index is 0.0437. The monoisotopic (exact) mass is 421 g/mol. The quantitative estimate of drug-likeness (QED) is 0.657. The molecule has 2 atom stereocenters. The van der Waals surface area contributed by atoms with Gasteiger partial charge in [-0.1, -0.05) is 47.5 Å². The van der Waals surface area contributed by atoms with Crippen LogP contribution in [0.15, 0.2) is 30.3 Å². The van der Waals surface area contributed by atoms with Gasteiger partial charge in [0.15, 0.2) is 0 Å². The molecule has 2 amide bonds. The molecule has 0 saturated heterocycles. The van der Waals surface area contributed by atoms with Crippen LogP contribution in [0.1, 0.15) is 34.6 Å². The zero-order valence-electron chi connectivity index (χ0n) is 14.7. The van der Waals surface area contributed by atoms with Crippen LogP contribution in [0, 0.1) is 0 Å². The summed E-state index contributed by atoms with van der Waals surface area (Å²) >= 11 is 13.5. The van der Waals surface area contributed by atoms with Gasteiger partial charge in [0, 0.05) is 14.0 Å². The summed E-state index contributed by atoms with van der Waals surface area (Å²) in [6.45, 7) is 1.53. The summed E-state index contributed by atoms with van der Waals surface area (Å²) in [5.41, 5.74) is 3.31. The zero-order valence-corrected chi connectivity index (χ0v) is 17.0. The number of nitrogens with one attached hydrogen (secondary N) is 2. The molecule has 0 saturated carbocycles. The summed E-state index contributed by atoms with van der Waals surface area (Å²) in [6.07, 6.45) is 0.672. The normalized spacial score (nSPS) is 18.5. The summed E-state index contributed by atoms with van der Waals surface area (Å²) in [5.74, 6) is -0.275. The predicted molar refractivity (Wildman–Crippen MR) is 109 cm³/mol. The van der Waals surface area contributed by atoms with Gasteiger partial charge in [-0.25, -0.2) is 0 Å². The highest BCUT2D eigenvalue weighted by Crippen LogP contribution is 2.39. The highest BCUT2D eigenvalue weighted by atomic mass is 35.5. The third-order valence-electron chi connectivity index (χ3n) is 5.04. The van der Waals surface area contributed by atoms with E-state index in [1.54, 1.807) is 18.0 Å². The van der Waals surface area contributed by atoms with E-state index < -0.39 is 0 Å². The first-order chi connectivity index (χ1) is 12.9. The molecule has 140 valence electrons. The molecule has 2 heterocycles. The molecule has 1 aliphatic carbocycles. The summed E-state index contributed by atoms with van der Waals surface area (Å²) in [5, 5.41) is 3.51. The number of aromatic nitrogens is 1. The minimum atomic E-state index is -0.231. The molecule has 1 aromatic carbocycles. The van der Waals surface area contributed by atoms with E-state index in [1.807, 2.05) is 24.3 Å². The maximum atomic E-state index is 12.8. The Morgan fingerprint density at radius 1 is 1.30 bits per heavy atom. The van der Waals surface area contributed by atoms with Gasteiger partial charge in [0.05, 0.1) is 27.3 Å². The fourth-order valence-electron chi connectivity index (χ4n) is 3.67. The van der Waals surface area contributed by atoms with Crippen molar-refractivity contribution in [3.05, 3.63) is 56.5 Å². The van der Waals surface area contributed by atoms with Crippen molar-refractivity contribution in [3.63, 3.8) is 0 Å². The Bertz CT molecular complexity index is 1060. The van der Waals surface area contributed by atoms with E-state index in [0.717, 1.165) is 15.8 Å². The smallest absolute Gasteiger partial charge is 0.268 e. The van der Waals surface area contributed by atoms with Crippen molar-refractivity contribution >= 4 is 56.6 Å². The van der Waals surface area contributed by atoms with Crippen LogP contribution in [0.3, 0.4) is 0 Å². The number of rotatable bonds is 3. The Morgan fingerprint density at radius 2 is 2.04 bits per heavy atom. The number of carbonyl (C=O) groups excluding carboxylic acids is 2. The third-order valence-corrected chi connectivity index (χ3v) is 6.98. The van der Waals surface area contributed by atoms with Gasteiger partial charge in [0.2, 0.25) is 5.91 Å². The number of aromatic amines is 1. The van der Waals surface area contributed by atoms with Crippen LogP contribution in [0.5, 0.6) is 0 Å². The summed E-state index contributed by atoms with van der Waals surface area (Å²) in [6, 6.07) is 9.32. The number of hydrogen-bond donors (Lipinski definition) is 2. The van der Waals surface area contributed by atoms with Crippen LogP contribution in [0.2, 0.25) is 9.36 Å². The third kappa shape index (κ3) is 3.12. The Morgan fingerprint density at radius 3 is 2.74 bits per heavy atom. The second-order valence-corrected chi connectivity index (χ2v) is 8.70. The molecule has 0 aliphatic heterocycles. The summed E-state index contributed by atoms with van der Waals surface area (Å²) in [4.78, 5) is 29.5. The van der Waals surface area contributed by atoms with Crippen LogP contribution in [-0.2, 0) is 11.2 Å². The number of fused-ring (bicyclic) bond motifs is 2. The first-order valence-corrected chi connectivity index (χ1v) is 10.0. The van der Waals surface area contributed by atoms with Crippen molar-refractivity contribution in [2.75, 3.05) is 7.05 Å². The molecule has 5 nitrogen and oxygen atoms in total. The molecule has 8 heteroatoms. The number of amides is 2. The second kappa shape index (κ2) is 6.86. The molecular weight excluding hydrogens is 405 g/mol. The van der Waals surface area contributed by atoms with Crippen LogP contribution in [-0.4, -0.2) is 34.8 Å². The van der Waals surface area contributed by atoms with Gasteiger partial charge in [-0.05, 0) is 23.6 Å². The lowest BCUT2D eigenvalue weighted by Crippen LogP contribution is -2.44. The topological polar surface area (TPSA) is 65.2 Å². The van der Waals surface area contributed by atoms with Crippen LogP contribution in [0.4, 0.5) is 0 Å². The molecular formula is C19H17Cl2N3O2S. The lowest BCUT2D eigenvalue weighted by Gasteiger charge is -2.30. The average Bonchev–Trinajstić information content (AvgIpc) is 3.27. The Balaban J connectivity index is 1.61. The molecule has 0 spiro atoms. The maximum Gasteiger partial charge on any atom is 0.268 e. The zero-order chi connectivity index (χ0) is 19.3. The highest BCUT2D eigenvalue weighted by Gasteiger charge is 2.37. The Labute approximate surface area is 170 Å². The first kappa shape index (κ1) is 18.3. The van der Waals surface area contributed by atoms with Gasteiger partial charge in [-0.2, -0.15) is 0 Å². The van der Waals surface area contributed by atoms with Crippen molar-refractivity contribution in [3.8, 4) is 0 Å².